The Hall–Kier alpha value is 0.540. The minimum Gasteiger partial charge on any atom is -0.271 e. The summed E-state index contributed by atoms with van der Waals surface area (Å²) in [5.74, 6) is 0. The van der Waals surface area contributed by atoms with Crippen molar-refractivity contribution in [3.8, 4) is 0 Å². The normalized spacial score (nSPS) is 8.92. The quantitative estimate of drug-likeness (QED) is 0.656. The van der Waals surface area contributed by atoms with E-state index >= 15 is 0 Å². The Kier molecular flexibility index (Phi) is 10.2. The Morgan fingerprint density at radius 3 is 1.42 bits per heavy atom. The van der Waals surface area contributed by atoms with Crippen molar-refractivity contribution in [2.45, 2.75) is 0 Å². The van der Waals surface area contributed by atoms with Crippen LogP contribution in [0.15, 0.2) is 30.6 Å². The third kappa shape index (κ3) is 22.4. The van der Waals surface area contributed by atoms with Gasteiger partial charge in [-0.1, -0.05) is 6.07 Å². The van der Waals surface area contributed by atoms with Crippen LogP contribution >= 0.6 is 51.3 Å². The number of nitrogens with zero attached hydrogens (tertiary/aromatic N) is 1. The lowest BCUT2D eigenvalue weighted by Crippen LogP contribution is -1.58. The molecule has 0 fully saturated rings. The van der Waals surface area contributed by atoms with Crippen LogP contribution in [0, 0.1) is 0 Å². The van der Waals surface area contributed by atoms with Crippen molar-refractivity contribution in [2.24, 2.45) is 0 Å². The zero-order valence-electron chi connectivity index (χ0n) is 5.73. The Bertz CT molecular complexity index is 191. The topological polar surface area (TPSA) is 30.0 Å². The maximum Gasteiger partial charge on any atom is 0.339 e. The maximum absolute atomic E-state index is 9.51. The molecule has 70 valence electrons. The van der Waals surface area contributed by atoms with Gasteiger partial charge in [0.2, 0.25) is 0 Å². The zero-order valence-corrected chi connectivity index (χ0v) is 9.71. The molecule has 0 aliphatic rings. The van der Waals surface area contributed by atoms with Crippen molar-refractivity contribution in [3.63, 3.8) is 0 Å². The molecule has 0 spiro atoms. The highest BCUT2D eigenvalue weighted by molar-refractivity contribution is 8.24. The molecule has 0 aliphatic heterocycles. The summed E-state index contributed by atoms with van der Waals surface area (Å²) in [7, 11) is 0. The second-order valence-corrected chi connectivity index (χ2v) is 8.06. The third-order valence-electron chi connectivity index (χ3n) is 0.566. The van der Waals surface area contributed by atoms with Gasteiger partial charge in [0, 0.05) is 12.4 Å². The number of hydrogen-bond donors (Lipinski definition) is 0. The van der Waals surface area contributed by atoms with Crippen LogP contribution < -0.4 is 0 Å². The summed E-state index contributed by atoms with van der Waals surface area (Å²) in [4.78, 5) is 3.78. The summed E-state index contributed by atoms with van der Waals surface area (Å²) in [6, 6.07) is 5.72. The Morgan fingerprint density at radius 1 is 1.00 bits per heavy atom. The van der Waals surface area contributed by atoms with Gasteiger partial charge in [-0.2, -0.15) is 0 Å². The third-order valence-corrected chi connectivity index (χ3v) is 0.566. The fourth-order valence-electron chi connectivity index (χ4n) is 0.313. The van der Waals surface area contributed by atoms with E-state index in [1.807, 2.05) is 18.2 Å². The summed E-state index contributed by atoms with van der Waals surface area (Å²) in [6.07, 6.45) is 3.50. The highest BCUT2D eigenvalue weighted by atomic mass is 36.0. The summed E-state index contributed by atoms with van der Waals surface area (Å²) in [5, 5.41) is -3.22. The first kappa shape index (κ1) is 15.0. The van der Waals surface area contributed by atoms with E-state index in [9.17, 15) is 4.57 Å². The fraction of sp³-hybridized carbons (Fsp3) is 0. The number of aromatic nitrogens is 1. The highest BCUT2D eigenvalue weighted by Crippen LogP contribution is 2.61. The molecule has 0 amide bonds. The predicted octanol–water partition coefficient (Wildman–Crippen LogP) is 4.31. The number of rotatable bonds is 0. The van der Waals surface area contributed by atoms with E-state index in [4.69, 9.17) is 0 Å². The SMILES string of the molecule is Cl.O=P(Cl)(Cl)Cl.c1ccncc1. The van der Waals surface area contributed by atoms with Crippen LogP contribution in [0.2, 0.25) is 0 Å². The fourth-order valence-corrected chi connectivity index (χ4v) is 0.313. The van der Waals surface area contributed by atoms with E-state index in [1.165, 1.54) is 0 Å². The second kappa shape index (κ2) is 8.15. The summed E-state index contributed by atoms with van der Waals surface area (Å²) < 4.78 is 9.51. The van der Waals surface area contributed by atoms with Gasteiger partial charge < -0.3 is 0 Å². The van der Waals surface area contributed by atoms with Crippen molar-refractivity contribution in [3.05, 3.63) is 30.6 Å². The van der Waals surface area contributed by atoms with Gasteiger partial charge in [0.05, 0.1) is 0 Å². The molecule has 0 saturated carbocycles. The van der Waals surface area contributed by atoms with Crippen LogP contribution in [0.25, 0.3) is 0 Å². The number of hydrogen-bond acceptors (Lipinski definition) is 2. The van der Waals surface area contributed by atoms with Crippen LogP contribution in [-0.4, -0.2) is 4.98 Å². The molecule has 1 heterocycles. The molecular formula is C5H6Cl4NOP. The molecule has 1 aromatic rings. The van der Waals surface area contributed by atoms with Gasteiger partial charge >= 0.3 is 5.20 Å². The predicted molar refractivity (Wildman–Crippen MR) is 56.7 cm³/mol. The Morgan fingerprint density at radius 2 is 1.33 bits per heavy atom. The van der Waals surface area contributed by atoms with Gasteiger partial charge in [0.15, 0.2) is 0 Å². The first-order chi connectivity index (χ1) is 5.00. The lowest BCUT2D eigenvalue weighted by molar-refractivity contribution is 0.600. The average molecular weight is 269 g/mol. The van der Waals surface area contributed by atoms with Crippen molar-refractivity contribution in [1.82, 2.24) is 4.98 Å². The summed E-state index contributed by atoms with van der Waals surface area (Å²) >= 11 is 13.8. The van der Waals surface area contributed by atoms with Gasteiger partial charge in [-0.15, -0.1) is 12.4 Å². The summed E-state index contributed by atoms with van der Waals surface area (Å²) in [5.41, 5.74) is 0. The monoisotopic (exact) mass is 267 g/mol. The minimum atomic E-state index is -3.22. The van der Waals surface area contributed by atoms with Crippen molar-refractivity contribution in [2.75, 3.05) is 0 Å². The van der Waals surface area contributed by atoms with Crippen molar-refractivity contribution >= 4 is 51.3 Å². The first-order valence-corrected chi connectivity index (χ1v) is 6.96. The van der Waals surface area contributed by atoms with E-state index in [-0.39, 0.29) is 12.4 Å². The van der Waals surface area contributed by atoms with E-state index in [0.717, 1.165) is 0 Å². The maximum atomic E-state index is 9.51. The molecule has 2 nitrogen and oxygen atoms in total. The smallest absolute Gasteiger partial charge is 0.271 e. The number of halogens is 4. The van der Waals surface area contributed by atoms with Crippen LogP contribution in [0.5, 0.6) is 0 Å². The highest BCUT2D eigenvalue weighted by Gasteiger charge is 2.02. The summed E-state index contributed by atoms with van der Waals surface area (Å²) in [6.45, 7) is 0. The largest absolute Gasteiger partial charge is 0.339 e. The molecule has 0 N–H and O–H groups in total. The van der Waals surface area contributed by atoms with Gasteiger partial charge in [-0.3, -0.25) is 9.55 Å². The lowest BCUT2D eigenvalue weighted by atomic mass is 10.5. The van der Waals surface area contributed by atoms with Gasteiger partial charge in [0.25, 0.3) is 0 Å². The first-order valence-electron chi connectivity index (χ1n) is 2.54. The standard InChI is InChI=1S/C5H5N.Cl3OP.ClH/c1-2-4-6-5-3-1;1-5(2,3)4;/h1-5H;;1H. The molecule has 0 aliphatic carbocycles. The van der Waals surface area contributed by atoms with Crippen LogP contribution in [0.3, 0.4) is 0 Å². The lowest BCUT2D eigenvalue weighted by Gasteiger charge is -1.74. The average Bonchev–Trinajstić information content (AvgIpc) is 1.88. The molecule has 12 heavy (non-hydrogen) atoms. The van der Waals surface area contributed by atoms with Crippen LogP contribution in [0.1, 0.15) is 0 Å². The molecule has 1 rings (SSSR count). The van der Waals surface area contributed by atoms with E-state index in [0.29, 0.717) is 0 Å². The molecule has 0 saturated heterocycles. The Balaban J connectivity index is 0. The van der Waals surface area contributed by atoms with E-state index in [2.05, 4.69) is 38.7 Å². The second-order valence-electron chi connectivity index (χ2n) is 1.42. The van der Waals surface area contributed by atoms with E-state index < -0.39 is 5.20 Å². The molecular weight excluding hydrogens is 263 g/mol. The molecule has 7 heteroatoms. The molecule has 0 atom stereocenters. The molecule has 0 aromatic carbocycles. The molecule has 0 unspecified atom stereocenters. The zero-order chi connectivity index (χ0) is 8.74. The minimum absolute atomic E-state index is 0. The molecule has 1 aromatic heterocycles. The van der Waals surface area contributed by atoms with Gasteiger partial charge in [-0.05, 0) is 45.9 Å². The van der Waals surface area contributed by atoms with Crippen molar-refractivity contribution in [1.29, 1.82) is 0 Å². The van der Waals surface area contributed by atoms with Crippen molar-refractivity contribution < 1.29 is 4.57 Å². The van der Waals surface area contributed by atoms with Crippen LogP contribution in [-0.2, 0) is 4.57 Å². The van der Waals surface area contributed by atoms with Gasteiger partial charge in [0.1, 0.15) is 0 Å². The Labute approximate surface area is 91.4 Å². The number of pyridine rings is 1. The van der Waals surface area contributed by atoms with Crippen LogP contribution in [0.4, 0.5) is 0 Å². The molecule has 0 radical (unpaired) electrons. The van der Waals surface area contributed by atoms with Gasteiger partial charge in [-0.25, -0.2) is 0 Å². The molecule has 0 bridgehead atoms. The van der Waals surface area contributed by atoms with E-state index in [1.54, 1.807) is 12.4 Å².